The average molecular weight is 338 g/mol. The zero-order chi connectivity index (χ0) is 14.0. The van der Waals surface area contributed by atoms with E-state index in [1.165, 1.54) is 6.20 Å². The quantitative estimate of drug-likeness (QED) is 0.867. The van der Waals surface area contributed by atoms with Gasteiger partial charge >= 0.3 is 6.18 Å². The van der Waals surface area contributed by atoms with Gasteiger partial charge in [0.15, 0.2) is 0 Å². The number of nitrogens with one attached hydrogen (secondary N) is 1. The van der Waals surface area contributed by atoms with E-state index >= 15 is 0 Å². The second kappa shape index (κ2) is 5.66. The molecule has 2 rings (SSSR count). The zero-order valence-corrected chi connectivity index (χ0v) is 11.8. The predicted molar refractivity (Wildman–Crippen MR) is 70.8 cm³/mol. The van der Waals surface area contributed by atoms with Crippen molar-refractivity contribution in [2.24, 2.45) is 5.73 Å². The molecule has 0 bridgehead atoms. The highest BCUT2D eigenvalue weighted by atomic mass is 79.9. The van der Waals surface area contributed by atoms with Gasteiger partial charge in [-0.25, -0.2) is 4.98 Å². The summed E-state index contributed by atoms with van der Waals surface area (Å²) in [6.45, 7) is 0. The molecule has 1 aliphatic carbocycles. The maximum Gasteiger partial charge on any atom is 0.419 e. The van der Waals surface area contributed by atoms with E-state index < -0.39 is 11.7 Å². The van der Waals surface area contributed by atoms with Crippen LogP contribution in [0.15, 0.2) is 16.7 Å². The lowest BCUT2D eigenvalue weighted by atomic mass is 9.91. The average Bonchev–Trinajstić information content (AvgIpc) is 2.33. The van der Waals surface area contributed by atoms with Crippen molar-refractivity contribution in [3.63, 3.8) is 0 Å². The van der Waals surface area contributed by atoms with Crippen molar-refractivity contribution in [1.82, 2.24) is 4.98 Å². The molecule has 0 aromatic carbocycles. The number of nitrogens with two attached hydrogens (primary N) is 1. The first-order valence-electron chi connectivity index (χ1n) is 6.13. The van der Waals surface area contributed by atoms with E-state index in [1.807, 2.05) is 0 Å². The summed E-state index contributed by atoms with van der Waals surface area (Å²) < 4.78 is 39.1. The van der Waals surface area contributed by atoms with Gasteiger partial charge in [-0.1, -0.05) is 12.8 Å². The van der Waals surface area contributed by atoms with Gasteiger partial charge in [0.1, 0.15) is 5.82 Å². The van der Waals surface area contributed by atoms with Crippen molar-refractivity contribution in [1.29, 1.82) is 0 Å². The van der Waals surface area contributed by atoms with Gasteiger partial charge in [0.25, 0.3) is 0 Å². The largest absolute Gasteiger partial charge is 0.419 e. The third-order valence-electron chi connectivity index (χ3n) is 3.30. The van der Waals surface area contributed by atoms with E-state index in [0.717, 1.165) is 31.7 Å². The first-order valence-corrected chi connectivity index (χ1v) is 6.92. The Bertz CT molecular complexity index is 450. The van der Waals surface area contributed by atoms with Gasteiger partial charge < -0.3 is 11.1 Å². The summed E-state index contributed by atoms with van der Waals surface area (Å²) in [4.78, 5) is 3.84. The van der Waals surface area contributed by atoms with Crippen LogP contribution < -0.4 is 11.1 Å². The van der Waals surface area contributed by atoms with E-state index in [1.54, 1.807) is 0 Å². The molecule has 1 fully saturated rings. The summed E-state index contributed by atoms with van der Waals surface area (Å²) in [6.07, 6.45) is 0.526. The minimum atomic E-state index is -4.43. The van der Waals surface area contributed by atoms with Crippen LogP contribution in [0.3, 0.4) is 0 Å². The van der Waals surface area contributed by atoms with Crippen LogP contribution in [0.25, 0.3) is 0 Å². The zero-order valence-electron chi connectivity index (χ0n) is 10.2. The van der Waals surface area contributed by atoms with Gasteiger partial charge in [-0.05, 0) is 34.8 Å². The summed E-state index contributed by atoms with van der Waals surface area (Å²) >= 11 is 3.01. The Kier molecular flexibility index (Phi) is 4.35. The number of nitrogens with zero attached hydrogens (tertiary/aromatic N) is 1. The molecule has 19 heavy (non-hydrogen) atoms. The van der Waals surface area contributed by atoms with E-state index in [2.05, 4.69) is 26.2 Å². The first kappa shape index (κ1) is 14.6. The van der Waals surface area contributed by atoms with Crippen molar-refractivity contribution in [2.75, 3.05) is 5.32 Å². The Morgan fingerprint density at radius 2 is 2.00 bits per heavy atom. The highest BCUT2D eigenvalue weighted by molar-refractivity contribution is 9.10. The topological polar surface area (TPSA) is 50.9 Å². The Morgan fingerprint density at radius 1 is 1.32 bits per heavy atom. The van der Waals surface area contributed by atoms with Crippen LogP contribution in [0.2, 0.25) is 0 Å². The summed E-state index contributed by atoms with van der Waals surface area (Å²) in [5, 5.41) is 2.86. The lowest BCUT2D eigenvalue weighted by Crippen LogP contribution is -2.43. The normalized spacial score (nSPS) is 24.3. The molecule has 0 amide bonds. The number of alkyl halides is 3. The molecule has 3 nitrogen and oxygen atoms in total. The van der Waals surface area contributed by atoms with E-state index in [-0.39, 0.29) is 17.9 Å². The molecule has 1 heterocycles. The van der Waals surface area contributed by atoms with Crippen LogP contribution in [0.1, 0.15) is 31.2 Å². The monoisotopic (exact) mass is 337 g/mol. The molecule has 1 aromatic rings. The predicted octanol–water partition coefficient (Wildman–Crippen LogP) is 3.54. The number of rotatable bonds is 2. The Morgan fingerprint density at radius 3 is 2.63 bits per heavy atom. The number of halogens is 4. The maximum absolute atomic E-state index is 12.9. The van der Waals surface area contributed by atoms with Gasteiger partial charge in [0, 0.05) is 22.8 Å². The van der Waals surface area contributed by atoms with Gasteiger partial charge in [-0.2, -0.15) is 13.2 Å². The fourth-order valence-electron chi connectivity index (χ4n) is 2.28. The highest BCUT2D eigenvalue weighted by Gasteiger charge is 2.35. The first-order chi connectivity index (χ1) is 8.88. The molecule has 0 aliphatic heterocycles. The van der Waals surface area contributed by atoms with E-state index in [0.29, 0.717) is 4.47 Å². The molecular weight excluding hydrogens is 323 g/mol. The molecule has 1 aromatic heterocycles. The molecule has 2 atom stereocenters. The van der Waals surface area contributed by atoms with Gasteiger partial charge in [-0.3, -0.25) is 0 Å². The van der Waals surface area contributed by atoms with Crippen LogP contribution >= 0.6 is 15.9 Å². The Hall–Kier alpha value is -0.820. The SMILES string of the molecule is NC1CCCCC1Nc1ncc(Br)cc1C(F)(F)F. The number of hydrogen-bond donors (Lipinski definition) is 2. The third kappa shape index (κ3) is 3.60. The highest BCUT2D eigenvalue weighted by Crippen LogP contribution is 2.36. The maximum atomic E-state index is 12.9. The lowest BCUT2D eigenvalue weighted by molar-refractivity contribution is -0.137. The van der Waals surface area contributed by atoms with Crippen LogP contribution in [-0.2, 0) is 6.18 Å². The van der Waals surface area contributed by atoms with Gasteiger partial charge in [0.2, 0.25) is 0 Å². The van der Waals surface area contributed by atoms with E-state index in [4.69, 9.17) is 5.73 Å². The molecule has 0 radical (unpaired) electrons. The van der Waals surface area contributed by atoms with Gasteiger partial charge in [0.05, 0.1) is 5.56 Å². The van der Waals surface area contributed by atoms with Crippen molar-refractivity contribution >= 4 is 21.7 Å². The fraction of sp³-hybridized carbons (Fsp3) is 0.583. The van der Waals surface area contributed by atoms with Crippen molar-refractivity contribution in [2.45, 2.75) is 43.9 Å². The standard InChI is InChI=1S/C12H15BrF3N3/c13-7-5-8(12(14,15)16)11(18-6-7)19-10-4-2-1-3-9(10)17/h5-6,9-10H,1-4,17H2,(H,18,19). The van der Waals surface area contributed by atoms with Crippen LogP contribution in [0.5, 0.6) is 0 Å². The molecule has 0 spiro atoms. The fourth-order valence-corrected chi connectivity index (χ4v) is 2.62. The summed E-state index contributed by atoms with van der Waals surface area (Å²) in [5.41, 5.74) is 5.17. The van der Waals surface area contributed by atoms with Crippen molar-refractivity contribution < 1.29 is 13.2 Å². The number of anilines is 1. The minimum absolute atomic E-state index is 0.125. The summed E-state index contributed by atoms with van der Waals surface area (Å²) in [5.74, 6) is -0.141. The molecule has 2 unspecified atom stereocenters. The van der Waals surface area contributed by atoms with Crippen molar-refractivity contribution in [3.8, 4) is 0 Å². The Balaban J connectivity index is 2.24. The molecule has 7 heteroatoms. The van der Waals surface area contributed by atoms with Crippen LogP contribution in [-0.4, -0.2) is 17.1 Å². The molecule has 1 aliphatic rings. The van der Waals surface area contributed by atoms with Crippen molar-refractivity contribution in [3.05, 3.63) is 22.3 Å². The molecule has 0 saturated heterocycles. The molecule has 106 valence electrons. The second-order valence-electron chi connectivity index (χ2n) is 4.75. The summed E-state index contributed by atoms with van der Waals surface area (Å²) in [7, 11) is 0. The van der Waals surface area contributed by atoms with Gasteiger partial charge in [-0.15, -0.1) is 0 Å². The summed E-state index contributed by atoms with van der Waals surface area (Å²) in [6, 6.07) is 0.757. The lowest BCUT2D eigenvalue weighted by Gasteiger charge is -2.30. The third-order valence-corrected chi connectivity index (χ3v) is 3.73. The Labute approximate surface area is 117 Å². The smallest absolute Gasteiger partial charge is 0.365 e. The molecule has 3 N–H and O–H groups in total. The number of aromatic nitrogens is 1. The van der Waals surface area contributed by atoms with Crippen LogP contribution in [0.4, 0.5) is 19.0 Å². The number of hydrogen-bond acceptors (Lipinski definition) is 3. The minimum Gasteiger partial charge on any atom is -0.365 e. The van der Waals surface area contributed by atoms with Crippen LogP contribution in [0, 0.1) is 0 Å². The number of pyridine rings is 1. The van der Waals surface area contributed by atoms with E-state index in [9.17, 15) is 13.2 Å². The molecular formula is C12H15BrF3N3. The second-order valence-corrected chi connectivity index (χ2v) is 5.66. The molecule has 1 saturated carbocycles.